The normalized spacial score (nSPS) is 20.6. The summed E-state index contributed by atoms with van der Waals surface area (Å²) < 4.78 is 59.7. The zero-order valence-electron chi connectivity index (χ0n) is 36.7. The van der Waals surface area contributed by atoms with E-state index in [1.165, 1.54) is 11.0 Å². The Labute approximate surface area is 375 Å². The van der Waals surface area contributed by atoms with Crippen LogP contribution in [0.5, 0.6) is 0 Å². The third-order valence-electron chi connectivity index (χ3n) is 14.2. The molecule has 1 atom stereocenters. The van der Waals surface area contributed by atoms with Crippen LogP contribution in [0.4, 0.5) is 28.9 Å². The van der Waals surface area contributed by atoms with Crippen molar-refractivity contribution in [3.05, 3.63) is 144 Å². The van der Waals surface area contributed by atoms with Crippen molar-refractivity contribution in [1.29, 1.82) is 0 Å². The topological polar surface area (TPSA) is 86.0 Å². The molecule has 0 bridgehead atoms. The third kappa shape index (κ3) is 7.43. The van der Waals surface area contributed by atoms with E-state index in [2.05, 4.69) is 33.1 Å². The Hall–Kier alpha value is -6.16. The van der Waals surface area contributed by atoms with Crippen molar-refractivity contribution in [3.8, 4) is 22.3 Å². The quantitative estimate of drug-likeness (QED) is 0.141. The highest BCUT2D eigenvalue weighted by Gasteiger charge is 2.60. The van der Waals surface area contributed by atoms with Gasteiger partial charge in [0.1, 0.15) is 22.6 Å². The Kier molecular flexibility index (Phi) is 11.0. The van der Waals surface area contributed by atoms with E-state index < -0.39 is 29.7 Å². The second-order valence-electron chi connectivity index (χ2n) is 18.2. The number of aromatic nitrogens is 4. The molecule has 3 saturated heterocycles. The molecule has 4 aromatic carbocycles. The van der Waals surface area contributed by atoms with Gasteiger partial charge in [-0.1, -0.05) is 60.7 Å². The van der Waals surface area contributed by atoms with E-state index in [1.807, 2.05) is 43.6 Å². The zero-order chi connectivity index (χ0) is 45.2. The van der Waals surface area contributed by atoms with Gasteiger partial charge in [-0.2, -0.15) is 10.2 Å². The predicted octanol–water partition coefficient (Wildman–Crippen LogP) is 7.36. The second kappa shape index (κ2) is 16.7. The Morgan fingerprint density at radius 2 is 1.18 bits per heavy atom. The van der Waals surface area contributed by atoms with Crippen LogP contribution in [0.15, 0.2) is 110 Å². The van der Waals surface area contributed by atoms with E-state index >= 15 is 4.39 Å². The molecule has 1 unspecified atom stereocenters. The molecule has 11 nitrogen and oxygen atoms in total. The number of carbonyl (C=O) groups is 2. The number of alkyl halides is 2. The summed E-state index contributed by atoms with van der Waals surface area (Å²) in [7, 11) is 5.80. The molecule has 3 fully saturated rings. The number of fused-ring (bicyclic) bond motifs is 4. The molecule has 65 heavy (non-hydrogen) atoms. The average molecular weight is 886 g/mol. The minimum atomic E-state index is -2.52. The van der Waals surface area contributed by atoms with Crippen LogP contribution in [-0.2, 0) is 47.7 Å². The van der Waals surface area contributed by atoms with Gasteiger partial charge < -0.3 is 14.7 Å². The van der Waals surface area contributed by atoms with Gasteiger partial charge in [-0.25, -0.2) is 17.6 Å². The molecule has 11 rings (SSSR count). The highest BCUT2D eigenvalue weighted by molar-refractivity contribution is 6.09. The SMILES string of the molecule is CN1CCC(N2CC3(C2)C(=O)N(Cc2ccc(-c4cnn(C)c4)cc2F)c2ccccc23)CC1.Cn1cc(-c2ccc(CN3C(=O)C4(CCN4CC(F)F)c4ccccc43)c(F)c2)cn1. The standard InChI is InChI=1S/C27H30FN5O.C23H21F3N4O/c1-30-11-9-22(10-12-30)32-17-27(18-32)23-5-3-4-6-25(23)33(26(27)34)16-20-8-7-19(13-24(20)28)21-14-29-31(2)15-21;1-28-12-17(11-27-28)15-6-7-16(19(24)10-15)13-30-20-5-3-2-4-18(20)23(22(30)31)8-9-29(23)14-21(25)26/h3-8,13-15,22H,9-12,16-18H2,1-2H3;2-7,10-12,21H,8-9,13-14H2,1H3. The first-order valence-corrected chi connectivity index (χ1v) is 22.2. The Balaban J connectivity index is 0.000000154. The maximum absolute atomic E-state index is 15.1. The molecule has 15 heteroatoms. The molecule has 0 aliphatic carbocycles. The molecule has 2 aromatic heterocycles. The number of anilines is 2. The lowest BCUT2D eigenvalue weighted by atomic mass is 9.73. The summed E-state index contributed by atoms with van der Waals surface area (Å²) in [5.74, 6) is -0.885. The average Bonchev–Trinajstić information content (AvgIpc) is 4.04. The van der Waals surface area contributed by atoms with Gasteiger partial charge in [-0.05, 0) is 80.4 Å². The van der Waals surface area contributed by atoms with Crippen LogP contribution < -0.4 is 9.80 Å². The van der Waals surface area contributed by atoms with E-state index in [1.54, 1.807) is 87.3 Å². The Morgan fingerprint density at radius 3 is 1.68 bits per heavy atom. The minimum Gasteiger partial charge on any atom is -0.307 e. The van der Waals surface area contributed by atoms with Crippen molar-refractivity contribution >= 4 is 23.2 Å². The van der Waals surface area contributed by atoms with Crippen molar-refractivity contribution in [2.45, 2.75) is 55.8 Å². The number of rotatable bonds is 9. The van der Waals surface area contributed by atoms with E-state index in [-0.39, 0.29) is 30.7 Å². The summed E-state index contributed by atoms with van der Waals surface area (Å²) in [6.07, 6.45) is 7.31. The van der Waals surface area contributed by atoms with Gasteiger partial charge in [0.2, 0.25) is 5.91 Å². The van der Waals surface area contributed by atoms with E-state index in [9.17, 15) is 22.8 Å². The van der Waals surface area contributed by atoms with Gasteiger partial charge in [0, 0.05) is 91.4 Å². The lowest BCUT2D eigenvalue weighted by molar-refractivity contribution is -0.142. The molecule has 2 amide bonds. The smallest absolute Gasteiger partial charge is 0.252 e. The number of hydrogen-bond acceptors (Lipinski definition) is 7. The summed E-state index contributed by atoms with van der Waals surface area (Å²) in [6, 6.07) is 26.0. The summed E-state index contributed by atoms with van der Waals surface area (Å²) in [4.78, 5) is 37.0. The maximum atomic E-state index is 15.1. The van der Waals surface area contributed by atoms with Gasteiger partial charge in [-0.15, -0.1) is 0 Å². The monoisotopic (exact) mass is 885 g/mol. The molecule has 336 valence electrons. The molecule has 5 aliphatic heterocycles. The van der Waals surface area contributed by atoms with Crippen molar-refractivity contribution in [2.75, 3.05) is 56.1 Å². The number of nitrogens with zero attached hydrogens (tertiary/aromatic N) is 9. The van der Waals surface area contributed by atoms with E-state index in [0.717, 1.165) is 72.5 Å². The number of benzene rings is 4. The Bertz CT molecular complexity index is 2780. The summed E-state index contributed by atoms with van der Waals surface area (Å²) in [5, 5.41) is 8.28. The maximum Gasteiger partial charge on any atom is 0.252 e. The number of aryl methyl sites for hydroxylation is 2. The molecule has 0 radical (unpaired) electrons. The molecule has 6 aromatic rings. The molecule has 0 N–H and O–H groups in total. The summed E-state index contributed by atoms with van der Waals surface area (Å²) >= 11 is 0. The summed E-state index contributed by atoms with van der Waals surface area (Å²) in [6.45, 7) is 4.00. The van der Waals surface area contributed by atoms with Crippen molar-refractivity contribution < 1.29 is 27.2 Å². The number of hydrogen-bond donors (Lipinski definition) is 0. The highest BCUT2D eigenvalue weighted by Crippen LogP contribution is 2.52. The van der Waals surface area contributed by atoms with Gasteiger partial charge >= 0.3 is 0 Å². The zero-order valence-corrected chi connectivity index (χ0v) is 36.7. The van der Waals surface area contributed by atoms with Crippen LogP contribution in [0, 0.1) is 11.6 Å². The molecule has 5 aliphatic rings. The van der Waals surface area contributed by atoms with Crippen molar-refractivity contribution in [3.63, 3.8) is 0 Å². The fourth-order valence-corrected chi connectivity index (χ4v) is 10.6. The number of halogens is 4. The molecule has 2 spiro atoms. The first-order chi connectivity index (χ1) is 31.3. The fourth-order valence-electron chi connectivity index (χ4n) is 10.6. The van der Waals surface area contributed by atoms with E-state index in [4.69, 9.17) is 0 Å². The lowest BCUT2D eigenvalue weighted by Gasteiger charge is -2.52. The predicted molar refractivity (Wildman–Crippen MR) is 240 cm³/mol. The minimum absolute atomic E-state index is 0.0409. The number of likely N-dealkylation sites (tertiary alicyclic amines) is 3. The van der Waals surface area contributed by atoms with Gasteiger partial charge in [-0.3, -0.25) is 28.8 Å². The number of carbonyl (C=O) groups excluding carboxylic acids is 2. The number of para-hydroxylation sites is 2. The van der Waals surface area contributed by atoms with Gasteiger partial charge in [0.05, 0.1) is 32.0 Å². The van der Waals surface area contributed by atoms with Crippen LogP contribution in [0.3, 0.4) is 0 Å². The summed E-state index contributed by atoms with van der Waals surface area (Å²) in [5.41, 5.74) is 5.87. The third-order valence-corrected chi connectivity index (χ3v) is 14.2. The fraction of sp³-hybridized carbons (Fsp3) is 0.360. The van der Waals surface area contributed by atoms with Crippen LogP contribution in [0.2, 0.25) is 0 Å². The van der Waals surface area contributed by atoms with Crippen LogP contribution in [0.25, 0.3) is 22.3 Å². The number of piperidine rings is 1. The van der Waals surface area contributed by atoms with Gasteiger partial charge in [0.15, 0.2) is 0 Å². The van der Waals surface area contributed by atoms with Gasteiger partial charge in [0.25, 0.3) is 12.3 Å². The highest BCUT2D eigenvalue weighted by atomic mass is 19.3. The lowest BCUT2D eigenvalue weighted by Crippen LogP contribution is -2.67. The Morgan fingerprint density at radius 1 is 0.662 bits per heavy atom. The van der Waals surface area contributed by atoms with E-state index in [0.29, 0.717) is 41.4 Å². The van der Waals surface area contributed by atoms with Crippen molar-refractivity contribution in [1.82, 2.24) is 34.3 Å². The first-order valence-electron chi connectivity index (χ1n) is 22.2. The van der Waals surface area contributed by atoms with Crippen LogP contribution in [0.1, 0.15) is 41.5 Å². The largest absolute Gasteiger partial charge is 0.307 e. The van der Waals surface area contributed by atoms with Crippen LogP contribution in [-0.4, -0.2) is 105 Å². The van der Waals surface area contributed by atoms with Crippen molar-refractivity contribution in [2.24, 2.45) is 14.1 Å². The second-order valence-corrected chi connectivity index (χ2v) is 18.2. The molecular weight excluding hydrogens is 835 g/mol. The number of amides is 2. The molecule has 0 saturated carbocycles. The first kappa shape index (κ1) is 42.8. The van der Waals surface area contributed by atoms with Crippen LogP contribution >= 0.6 is 0 Å². The molecular formula is C50H51F4N9O2. The molecule has 7 heterocycles.